The van der Waals surface area contributed by atoms with E-state index in [0.29, 0.717) is 0 Å². The summed E-state index contributed by atoms with van der Waals surface area (Å²) in [5, 5.41) is 10.6. The maximum atomic E-state index is 12.8. The van der Waals surface area contributed by atoms with Crippen LogP contribution in [0.25, 0.3) is 0 Å². The van der Waals surface area contributed by atoms with Crippen LogP contribution < -0.4 is 4.90 Å². The van der Waals surface area contributed by atoms with Crippen LogP contribution >= 0.6 is 23.1 Å². The molecule has 0 saturated carbocycles. The Labute approximate surface area is 140 Å². The number of amides is 1. The van der Waals surface area contributed by atoms with Gasteiger partial charge in [0.2, 0.25) is 11.0 Å². The predicted octanol–water partition coefficient (Wildman–Crippen LogP) is 2.38. The smallest absolute Gasteiger partial charge is 0.245 e. The van der Waals surface area contributed by atoms with Crippen LogP contribution in [0, 0.1) is 0 Å². The molecule has 22 heavy (non-hydrogen) atoms. The molecule has 0 aromatic carbocycles. The molecular weight excluding hydrogens is 316 g/mol. The SMILES string of the molecule is CC(C)(C)c1nnc(N2CCC[C@@H]2C(=O)N2CCSCC2)s1. The van der Waals surface area contributed by atoms with E-state index in [1.54, 1.807) is 11.3 Å². The molecule has 5 nitrogen and oxygen atoms in total. The lowest BCUT2D eigenvalue weighted by molar-refractivity contribution is -0.132. The number of hydrogen-bond donors (Lipinski definition) is 0. The van der Waals surface area contributed by atoms with E-state index in [0.717, 1.165) is 54.1 Å². The van der Waals surface area contributed by atoms with Gasteiger partial charge in [-0.15, -0.1) is 10.2 Å². The average Bonchev–Trinajstić information content (AvgIpc) is 3.15. The highest BCUT2D eigenvalue weighted by atomic mass is 32.2. The summed E-state index contributed by atoms with van der Waals surface area (Å²) in [6.45, 7) is 9.13. The second kappa shape index (κ2) is 6.35. The molecule has 0 radical (unpaired) electrons. The quantitative estimate of drug-likeness (QED) is 0.827. The molecule has 7 heteroatoms. The van der Waals surface area contributed by atoms with Crippen molar-refractivity contribution >= 4 is 34.1 Å². The number of carbonyl (C=O) groups is 1. The van der Waals surface area contributed by atoms with E-state index in [9.17, 15) is 4.79 Å². The highest BCUT2D eigenvalue weighted by Crippen LogP contribution is 2.34. The highest BCUT2D eigenvalue weighted by molar-refractivity contribution is 7.99. The first-order valence-electron chi connectivity index (χ1n) is 7.94. The number of nitrogens with zero attached hydrogens (tertiary/aromatic N) is 4. The number of anilines is 1. The molecule has 1 aromatic rings. The molecule has 2 saturated heterocycles. The lowest BCUT2D eigenvalue weighted by Gasteiger charge is -2.32. The Morgan fingerprint density at radius 2 is 1.91 bits per heavy atom. The van der Waals surface area contributed by atoms with Crippen molar-refractivity contribution in [1.82, 2.24) is 15.1 Å². The molecule has 2 aliphatic heterocycles. The summed E-state index contributed by atoms with van der Waals surface area (Å²) in [6.07, 6.45) is 2.00. The van der Waals surface area contributed by atoms with Crippen molar-refractivity contribution in [2.45, 2.75) is 45.1 Å². The van der Waals surface area contributed by atoms with Gasteiger partial charge in [0.05, 0.1) is 0 Å². The Kier molecular flexibility index (Phi) is 4.64. The van der Waals surface area contributed by atoms with Gasteiger partial charge < -0.3 is 9.80 Å². The number of rotatable bonds is 2. The van der Waals surface area contributed by atoms with Crippen molar-refractivity contribution in [3.8, 4) is 0 Å². The standard InChI is InChI=1S/C15H24N4OS2/c1-15(2,3)13-16-17-14(22-13)19-6-4-5-11(19)12(20)18-7-9-21-10-8-18/h11H,4-10H2,1-3H3/t11-/m1/s1. The molecule has 1 atom stereocenters. The second-order valence-corrected chi connectivity index (χ2v) is 9.11. The molecule has 3 heterocycles. The van der Waals surface area contributed by atoms with Gasteiger partial charge in [-0.25, -0.2) is 0 Å². The van der Waals surface area contributed by atoms with Crippen LogP contribution in [-0.2, 0) is 10.2 Å². The van der Waals surface area contributed by atoms with Gasteiger partial charge in [-0.3, -0.25) is 4.79 Å². The summed E-state index contributed by atoms with van der Waals surface area (Å²) in [4.78, 5) is 17.0. The minimum atomic E-state index is -0.0381. The first kappa shape index (κ1) is 16.1. The zero-order chi connectivity index (χ0) is 15.7. The summed E-state index contributed by atoms with van der Waals surface area (Å²) in [7, 11) is 0. The zero-order valence-electron chi connectivity index (χ0n) is 13.5. The van der Waals surface area contributed by atoms with Crippen molar-refractivity contribution in [2.24, 2.45) is 0 Å². The number of carbonyl (C=O) groups excluding carboxylic acids is 1. The first-order chi connectivity index (χ1) is 10.5. The lowest BCUT2D eigenvalue weighted by atomic mass is 9.98. The van der Waals surface area contributed by atoms with E-state index in [-0.39, 0.29) is 17.4 Å². The number of aromatic nitrogens is 2. The Balaban J connectivity index is 1.75. The highest BCUT2D eigenvalue weighted by Gasteiger charge is 2.36. The summed E-state index contributed by atoms with van der Waals surface area (Å²) in [5.74, 6) is 2.40. The largest absolute Gasteiger partial charge is 0.339 e. The zero-order valence-corrected chi connectivity index (χ0v) is 15.2. The van der Waals surface area contributed by atoms with E-state index < -0.39 is 0 Å². The van der Waals surface area contributed by atoms with Crippen LogP contribution in [0.5, 0.6) is 0 Å². The molecular formula is C15H24N4OS2. The fourth-order valence-corrected chi connectivity index (χ4v) is 4.76. The van der Waals surface area contributed by atoms with Crippen LogP contribution in [0.2, 0.25) is 0 Å². The topological polar surface area (TPSA) is 49.3 Å². The molecule has 122 valence electrons. The second-order valence-electron chi connectivity index (χ2n) is 6.93. The average molecular weight is 341 g/mol. The van der Waals surface area contributed by atoms with Crippen molar-refractivity contribution in [2.75, 3.05) is 36.0 Å². The van der Waals surface area contributed by atoms with Gasteiger partial charge in [0.25, 0.3) is 0 Å². The Morgan fingerprint density at radius 3 is 2.55 bits per heavy atom. The Morgan fingerprint density at radius 1 is 1.18 bits per heavy atom. The molecule has 0 aliphatic carbocycles. The molecule has 1 aromatic heterocycles. The molecule has 0 spiro atoms. The van der Waals surface area contributed by atoms with Gasteiger partial charge in [-0.1, -0.05) is 32.1 Å². The summed E-state index contributed by atoms with van der Waals surface area (Å²) in [5.41, 5.74) is 0.0131. The molecule has 0 N–H and O–H groups in total. The van der Waals surface area contributed by atoms with Crippen LogP contribution in [-0.4, -0.2) is 58.2 Å². The van der Waals surface area contributed by atoms with Crippen LogP contribution in [0.3, 0.4) is 0 Å². The first-order valence-corrected chi connectivity index (χ1v) is 9.91. The summed E-state index contributed by atoms with van der Waals surface area (Å²) < 4.78 is 0. The minimum Gasteiger partial charge on any atom is -0.339 e. The van der Waals surface area contributed by atoms with Crippen molar-refractivity contribution in [1.29, 1.82) is 0 Å². The van der Waals surface area contributed by atoms with Crippen LogP contribution in [0.4, 0.5) is 5.13 Å². The van der Waals surface area contributed by atoms with Crippen LogP contribution in [0.15, 0.2) is 0 Å². The fourth-order valence-electron chi connectivity index (χ4n) is 2.88. The normalized spacial score (nSPS) is 23.1. The minimum absolute atomic E-state index is 0.0131. The summed E-state index contributed by atoms with van der Waals surface area (Å²) in [6, 6.07) is -0.0381. The van der Waals surface area contributed by atoms with Crippen LogP contribution in [0.1, 0.15) is 38.6 Å². The van der Waals surface area contributed by atoms with Gasteiger partial charge in [-0.2, -0.15) is 11.8 Å². The fraction of sp³-hybridized carbons (Fsp3) is 0.800. The summed E-state index contributed by atoms with van der Waals surface area (Å²) >= 11 is 3.57. The molecule has 0 bridgehead atoms. The van der Waals surface area contributed by atoms with E-state index in [1.165, 1.54) is 0 Å². The van der Waals surface area contributed by atoms with Gasteiger partial charge in [-0.05, 0) is 12.8 Å². The predicted molar refractivity (Wildman–Crippen MR) is 92.9 cm³/mol. The lowest BCUT2D eigenvalue weighted by Crippen LogP contribution is -2.48. The number of thioether (sulfide) groups is 1. The third-order valence-corrected chi connectivity index (χ3v) is 6.49. The van der Waals surface area contributed by atoms with Crippen molar-refractivity contribution in [3.05, 3.63) is 5.01 Å². The third kappa shape index (κ3) is 3.25. The van der Waals surface area contributed by atoms with E-state index in [4.69, 9.17) is 0 Å². The maximum absolute atomic E-state index is 12.8. The molecule has 2 aliphatic rings. The van der Waals surface area contributed by atoms with Crippen molar-refractivity contribution < 1.29 is 4.79 Å². The maximum Gasteiger partial charge on any atom is 0.245 e. The molecule has 2 fully saturated rings. The Bertz CT molecular complexity index is 534. The van der Waals surface area contributed by atoms with Gasteiger partial charge in [0.1, 0.15) is 11.0 Å². The molecule has 0 unspecified atom stereocenters. The van der Waals surface area contributed by atoms with Crippen molar-refractivity contribution in [3.63, 3.8) is 0 Å². The van der Waals surface area contributed by atoms with E-state index in [1.807, 2.05) is 16.7 Å². The third-order valence-electron chi connectivity index (χ3n) is 4.16. The molecule has 1 amide bonds. The van der Waals surface area contributed by atoms with E-state index >= 15 is 0 Å². The van der Waals surface area contributed by atoms with Gasteiger partial charge >= 0.3 is 0 Å². The van der Waals surface area contributed by atoms with Gasteiger partial charge in [0, 0.05) is 36.6 Å². The monoisotopic (exact) mass is 340 g/mol. The Hall–Kier alpha value is -0.820. The van der Waals surface area contributed by atoms with Gasteiger partial charge in [0.15, 0.2) is 0 Å². The van der Waals surface area contributed by atoms with E-state index in [2.05, 4.69) is 35.9 Å². The number of hydrogen-bond acceptors (Lipinski definition) is 6. The molecule has 3 rings (SSSR count).